The Hall–Kier alpha value is -1.02. The topological polar surface area (TPSA) is 54.9 Å². The molecule has 0 saturated heterocycles. The summed E-state index contributed by atoms with van der Waals surface area (Å²) in [5, 5.41) is 3.24. The summed E-state index contributed by atoms with van der Waals surface area (Å²) in [6.07, 6.45) is 0. The number of halogens is 1. The SMILES string of the molecule is Cc1nsc(NC(=O)c2cccc(I)c2)n1. The molecule has 2 rings (SSSR count). The van der Waals surface area contributed by atoms with Crippen molar-refractivity contribution >= 4 is 45.2 Å². The fourth-order valence-corrected chi connectivity index (χ4v) is 2.26. The predicted octanol–water partition coefficient (Wildman–Crippen LogP) is 2.70. The predicted molar refractivity (Wildman–Crippen MR) is 71.8 cm³/mol. The molecule has 1 N–H and O–H groups in total. The van der Waals surface area contributed by atoms with Gasteiger partial charge in [0.1, 0.15) is 5.82 Å². The molecule has 0 spiro atoms. The molecule has 0 saturated carbocycles. The number of aromatic nitrogens is 2. The second kappa shape index (κ2) is 4.88. The van der Waals surface area contributed by atoms with Crippen LogP contribution >= 0.6 is 34.1 Å². The van der Waals surface area contributed by atoms with Crippen LogP contribution in [0.2, 0.25) is 0 Å². The fourth-order valence-electron chi connectivity index (χ4n) is 1.15. The van der Waals surface area contributed by atoms with Crippen molar-refractivity contribution in [2.75, 3.05) is 5.32 Å². The molecule has 6 heteroatoms. The molecule has 0 aliphatic carbocycles. The quantitative estimate of drug-likeness (QED) is 0.852. The van der Waals surface area contributed by atoms with Crippen LogP contribution in [-0.2, 0) is 0 Å². The molecule has 2 aromatic rings. The zero-order valence-corrected chi connectivity index (χ0v) is 11.4. The van der Waals surface area contributed by atoms with Crippen molar-refractivity contribution in [2.45, 2.75) is 6.92 Å². The van der Waals surface area contributed by atoms with Crippen LogP contribution in [0.1, 0.15) is 16.2 Å². The van der Waals surface area contributed by atoms with Crippen molar-refractivity contribution in [3.63, 3.8) is 0 Å². The third-order valence-electron chi connectivity index (χ3n) is 1.83. The number of aryl methyl sites for hydroxylation is 1. The Bertz CT molecular complexity index is 526. The van der Waals surface area contributed by atoms with E-state index in [1.54, 1.807) is 13.0 Å². The second-order valence-corrected chi connectivity index (χ2v) is 5.11. The Morgan fingerprint density at radius 3 is 2.94 bits per heavy atom. The molecule has 0 aliphatic rings. The third kappa shape index (κ3) is 2.76. The van der Waals surface area contributed by atoms with Crippen molar-refractivity contribution in [3.8, 4) is 0 Å². The maximum absolute atomic E-state index is 11.8. The highest BCUT2D eigenvalue weighted by molar-refractivity contribution is 14.1. The van der Waals surface area contributed by atoms with Gasteiger partial charge >= 0.3 is 0 Å². The molecule has 0 unspecified atom stereocenters. The Balaban J connectivity index is 2.14. The van der Waals surface area contributed by atoms with Crippen molar-refractivity contribution in [1.82, 2.24) is 9.36 Å². The van der Waals surface area contributed by atoms with Gasteiger partial charge in [0.15, 0.2) is 0 Å². The van der Waals surface area contributed by atoms with Gasteiger partial charge in [-0.05, 0) is 47.7 Å². The van der Waals surface area contributed by atoms with Gasteiger partial charge in [0.2, 0.25) is 5.13 Å². The Morgan fingerprint density at radius 2 is 2.31 bits per heavy atom. The van der Waals surface area contributed by atoms with E-state index in [1.807, 2.05) is 18.2 Å². The highest BCUT2D eigenvalue weighted by Gasteiger charge is 2.08. The van der Waals surface area contributed by atoms with Crippen molar-refractivity contribution < 1.29 is 4.79 Å². The van der Waals surface area contributed by atoms with Gasteiger partial charge < -0.3 is 0 Å². The van der Waals surface area contributed by atoms with Gasteiger partial charge in [-0.25, -0.2) is 4.98 Å². The number of hydrogen-bond acceptors (Lipinski definition) is 4. The molecule has 0 bridgehead atoms. The molecule has 1 heterocycles. The molecule has 16 heavy (non-hydrogen) atoms. The van der Waals surface area contributed by atoms with Crippen LogP contribution in [-0.4, -0.2) is 15.3 Å². The van der Waals surface area contributed by atoms with Gasteiger partial charge in [0.05, 0.1) is 0 Å². The number of benzene rings is 1. The average Bonchev–Trinajstić information content (AvgIpc) is 2.64. The van der Waals surface area contributed by atoms with Crippen LogP contribution in [0.15, 0.2) is 24.3 Å². The summed E-state index contributed by atoms with van der Waals surface area (Å²) in [6.45, 7) is 1.79. The number of nitrogens with one attached hydrogen (secondary N) is 1. The minimum absolute atomic E-state index is 0.158. The highest BCUT2D eigenvalue weighted by atomic mass is 127. The van der Waals surface area contributed by atoms with Crippen molar-refractivity contribution in [1.29, 1.82) is 0 Å². The first kappa shape index (κ1) is 11.5. The van der Waals surface area contributed by atoms with Gasteiger partial charge in [-0.15, -0.1) is 0 Å². The average molecular weight is 345 g/mol. The largest absolute Gasteiger partial charge is 0.297 e. The van der Waals surface area contributed by atoms with Gasteiger partial charge in [-0.2, -0.15) is 4.37 Å². The third-order valence-corrected chi connectivity index (χ3v) is 3.23. The first-order valence-electron chi connectivity index (χ1n) is 4.52. The monoisotopic (exact) mass is 345 g/mol. The molecule has 4 nitrogen and oxygen atoms in total. The number of rotatable bonds is 2. The lowest BCUT2D eigenvalue weighted by molar-refractivity contribution is 0.102. The second-order valence-electron chi connectivity index (χ2n) is 3.11. The van der Waals surface area contributed by atoms with E-state index >= 15 is 0 Å². The zero-order valence-electron chi connectivity index (χ0n) is 8.40. The summed E-state index contributed by atoms with van der Waals surface area (Å²) >= 11 is 3.35. The van der Waals surface area contributed by atoms with E-state index in [9.17, 15) is 4.79 Å². The van der Waals surface area contributed by atoms with Crippen LogP contribution in [0.25, 0.3) is 0 Å². The standard InChI is InChI=1S/C10H8IN3OS/c1-6-12-10(16-14-6)13-9(15)7-3-2-4-8(11)5-7/h2-5H,1H3,(H,12,13,14,15). The summed E-state index contributed by atoms with van der Waals surface area (Å²) in [6, 6.07) is 7.38. The minimum atomic E-state index is -0.158. The Kier molecular flexibility index (Phi) is 3.49. The summed E-state index contributed by atoms with van der Waals surface area (Å²) < 4.78 is 5.02. The van der Waals surface area contributed by atoms with Crippen LogP contribution in [0.3, 0.4) is 0 Å². The minimum Gasteiger partial charge on any atom is -0.297 e. The summed E-state index contributed by atoms with van der Waals surface area (Å²) in [5.41, 5.74) is 0.625. The molecular formula is C10H8IN3OS. The van der Waals surface area contributed by atoms with Gasteiger partial charge in [-0.3, -0.25) is 10.1 Å². The molecule has 1 amide bonds. The van der Waals surface area contributed by atoms with Crippen LogP contribution in [0.4, 0.5) is 5.13 Å². The lowest BCUT2D eigenvalue weighted by atomic mass is 10.2. The van der Waals surface area contributed by atoms with Crippen LogP contribution in [0.5, 0.6) is 0 Å². The lowest BCUT2D eigenvalue weighted by Crippen LogP contribution is -2.11. The van der Waals surface area contributed by atoms with Gasteiger partial charge in [0.25, 0.3) is 5.91 Å². The summed E-state index contributed by atoms with van der Waals surface area (Å²) in [7, 11) is 0. The number of carbonyl (C=O) groups excluding carboxylic acids is 1. The van der Waals surface area contributed by atoms with E-state index in [2.05, 4.69) is 37.3 Å². The lowest BCUT2D eigenvalue weighted by Gasteiger charge is -2.01. The zero-order chi connectivity index (χ0) is 11.5. The van der Waals surface area contributed by atoms with Crippen molar-refractivity contribution in [3.05, 3.63) is 39.2 Å². The van der Waals surface area contributed by atoms with E-state index < -0.39 is 0 Å². The Morgan fingerprint density at radius 1 is 1.50 bits per heavy atom. The molecule has 1 aromatic heterocycles. The van der Waals surface area contributed by atoms with Gasteiger partial charge in [0, 0.05) is 20.7 Å². The van der Waals surface area contributed by atoms with E-state index in [-0.39, 0.29) is 5.91 Å². The van der Waals surface area contributed by atoms with E-state index in [0.29, 0.717) is 16.5 Å². The van der Waals surface area contributed by atoms with Crippen LogP contribution in [0, 0.1) is 10.5 Å². The van der Waals surface area contributed by atoms with Crippen LogP contribution < -0.4 is 5.32 Å². The van der Waals surface area contributed by atoms with Gasteiger partial charge in [-0.1, -0.05) is 6.07 Å². The number of hydrogen-bond donors (Lipinski definition) is 1. The van der Waals surface area contributed by atoms with E-state index in [0.717, 1.165) is 3.57 Å². The number of anilines is 1. The molecule has 0 radical (unpaired) electrons. The molecule has 82 valence electrons. The van der Waals surface area contributed by atoms with Crippen molar-refractivity contribution in [2.24, 2.45) is 0 Å². The first-order chi connectivity index (χ1) is 7.65. The Labute approximate surface area is 110 Å². The molecule has 0 fully saturated rings. The van der Waals surface area contributed by atoms with E-state index in [1.165, 1.54) is 11.5 Å². The molecule has 1 aromatic carbocycles. The number of carbonyl (C=O) groups is 1. The summed E-state index contributed by atoms with van der Waals surface area (Å²) in [4.78, 5) is 15.9. The fraction of sp³-hybridized carbons (Fsp3) is 0.100. The first-order valence-corrected chi connectivity index (χ1v) is 6.37. The normalized spacial score (nSPS) is 10.1. The molecule has 0 aliphatic heterocycles. The molecular weight excluding hydrogens is 337 g/mol. The highest BCUT2D eigenvalue weighted by Crippen LogP contribution is 2.13. The number of amides is 1. The maximum atomic E-state index is 11.8. The van der Waals surface area contributed by atoms with E-state index in [4.69, 9.17) is 0 Å². The summed E-state index contributed by atoms with van der Waals surface area (Å²) in [5.74, 6) is 0.512. The number of nitrogens with zero attached hydrogens (tertiary/aromatic N) is 2. The molecule has 0 atom stereocenters. The maximum Gasteiger partial charge on any atom is 0.257 e. The smallest absolute Gasteiger partial charge is 0.257 e.